The van der Waals surface area contributed by atoms with Crippen LogP contribution in [-0.4, -0.2) is 39.3 Å². The lowest BCUT2D eigenvalue weighted by molar-refractivity contribution is -0.134. The predicted molar refractivity (Wildman–Crippen MR) is 144 cm³/mol. The number of oxazole rings is 1. The molecule has 2 amide bonds. The quantitative estimate of drug-likeness (QED) is 0.283. The number of nitrogens with zero attached hydrogens (tertiary/aromatic N) is 3. The number of carbonyl (C=O) groups excluding carboxylic acids is 2. The number of thioether (sulfide) groups is 1. The van der Waals surface area contributed by atoms with Crippen molar-refractivity contribution in [3.63, 3.8) is 0 Å². The summed E-state index contributed by atoms with van der Waals surface area (Å²) in [5, 5.41) is 7.08. The second-order valence-electron chi connectivity index (χ2n) is 9.69. The highest BCUT2D eigenvalue weighted by Gasteiger charge is 2.26. The second-order valence-corrected chi connectivity index (χ2v) is 12.0. The number of anilines is 2. The van der Waals surface area contributed by atoms with Crippen LogP contribution in [-0.2, 0) is 27.3 Å². The number of piperidine rings is 1. The van der Waals surface area contributed by atoms with Gasteiger partial charge < -0.3 is 20.0 Å². The molecule has 10 heteroatoms. The third-order valence-corrected chi connectivity index (χ3v) is 7.83. The second kappa shape index (κ2) is 11.3. The Bertz CT molecular complexity index is 1210. The van der Waals surface area contributed by atoms with Gasteiger partial charge in [-0.3, -0.25) is 9.59 Å². The van der Waals surface area contributed by atoms with Crippen LogP contribution in [0, 0.1) is 0 Å². The molecule has 0 spiro atoms. The summed E-state index contributed by atoms with van der Waals surface area (Å²) in [7, 11) is 0. The molecule has 4 rings (SSSR count). The van der Waals surface area contributed by atoms with E-state index >= 15 is 0 Å². The Morgan fingerprint density at radius 1 is 1.28 bits per heavy atom. The van der Waals surface area contributed by atoms with E-state index in [0.29, 0.717) is 36.8 Å². The summed E-state index contributed by atoms with van der Waals surface area (Å²) in [6, 6.07) is 7.64. The van der Waals surface area contributed by atoms with Gasteiger partial charge in [0.05, 0.1) is 22.4 Å². The van der Waals surface area contributed by atoms with Gasteiger partial charge in [-0.2, -0.15) is 0 Å². The van der Waals surface area contributed by atoms with Crippen LogP contribution in [0.5, 0.6) is 0 Å². The molecule has 1 saturated heterocycles. The van der Waals surface area contributed by atoms with Crippen LogP contribution in [0.4, 0.5) is 10.8 Å². The molecule has 3 aromatic rings. The van der Waals surface area contributed by atoms with E-state index < -0.39 is 0 Å². The zero-order valence-electron chi connectivity index (χ0n) is 20.7. The van der Waals surface area contributed by atoms with Crippen molar-refractivity contribution >= 4 is 45.7 Å². The predicted octanol–water partition coefficient (Wildman–Crippen LogP) is 5.45. The van der Waals surface area contributed by atoms with E-state index in [2.05, 4.69) is 48.0 Å². The first-order valence-electron chi connectivity index (χ1n) is 11.8. The monoisotopic (exact) mass is 525 g/mol. The number of hydrogen-bond acceptors (Lipinski definition) is 8. The number of aromatic nitrogens is 2. The van der Waals surface area contributed by atoms with Crippen LogP contribution in [0.15, 0.2) is 57.9 Å². The van der Waals surface area contributed by atoms with Gasteiger partial charge in [0, 0.05) is 36.7 Å². The third-order valence-electron chi connectivity index (χ3n) is 5.72. The smallest absolute Gasteiger partial charge is 0.247 e. The van der Waals surface area contributed by atoms with E-state index in [1.165, 1.54) is 6.08 Å². The van der Waals surface area contributed by atoms with E-state index in [1.807, 2.05) is 35.4 Å². The van der Waals surface area contributed by atoms with Crippen molar-refractivity contribution in [3.05, 3.63) is 66.5 Å². The minimum Gasteiger partial charge on any atom is -0.444 e. The molecule has 0 radical (unpaired) electrons. The van der Waals surface area contributed by atoms with E-state index in [9.17, 15) is 9.59 Å². The van der Waals surface area contributed by atoms with Crippen molar-refractivity contribution in [2.75, 3.05) is 17.2 Å². The van der Waals surface area contributed by atoms with E-state index in [0.717, 1.165) is 27.1 Å². The number of nitrogens with one attached hydrogen (secondary N) is 2. The van der Waals surface area contributed by atoms with Crippen molar-refractivity contribution in [3.8, 4) is 0 Å². The van der Waals surface area contributed by atoms with Crippen molar-refractivity contribution in [1.29, 1.82) is 0 Å². The number of likely N-dealkylation sites (tertiary alicyclic amines) is 1. The Kier molecular flexibility index (Phi) is 8.15. The summed E-state index contributed by atoms with van der Waals surface area (Å²) in [5.41, 5.74) is 1.65. The molecule has 1 aliphatic heterocycles. The van der Waals surface area contributed by atoms with Gasteiger partial charge in [0.1, 0.15) is 5.76 Å². The van der Waals surface area contributed by atoms with Gasteiger partial charge in [-0.05, 0) is 30.2 Å². The molecule has 0 unspecified atom stereocenters. The number of carbonyl (C=O) groups is 2. The van der Waals surface area contributed by atoms with Gasteiger partial charge in [0.15, 0.2) is 5.13 Å². The summed E-state index contributed by atoms with van der Waals surface area (Å²) in [4.78, 5) is 34.8. The largest absolute Gasteiger partial charge is 0.444 e. The van der Waals surface area contributed by atoms with E-state index in [-0.39, 0.29) is 23.3 Å². The summed E-state index contributed by atoms with van der Waals surface area (Å²) in [5.74, 6) is 2.15. The molecule has 190 valence electrons. The Morgan fingerprint density at radius 2 is 2.06 bits per heavy atom. The Balaban J connectivity index is 1.28. The number of hydrogen-bond donors (Lipinski definition) is 2. The number of rotatable bonds is 9. The molecule has 0 saturated carbocycles. The summed E-state index contributed by atoms with van der Waals surface area (Å²) in [6.45, 7) is 10.9. The number of amides is 2. The van der Waals surface area contributed by atoms with Crippen LogP contribution in [0.1, 0.15) is 50.8 Å². The first kappa shape index (κ1) is 26.0. The van der Waals surface area contributed by atoms with E-state index in [1.54, 1.807) is 29.3 Å². The average molecular weight is 526 g/mol. The lowest BCUT2D eigenvalue weighted by atomic mass is 9.94. The Labute approximate surface area is 219 Å². The van der Waals surface area contributed by atoms with Gasteiger partial charge in [0.25, 0.3) is 0 Å². The maximum atomic E-state index is 12.5. The van der Waals surface area contributed by atoms with Crippen molar-refractivity contribution in [1.82, 2.24) is 14.9 Å². The first-order valence-corrected chi connectivity index (χ1v) is 13.6. The fourth-order valence-corrected chi connectivity index (χ4v) is 5.52. The molecule has 1 aliphatic rings. The van der Waals surface area contributed by atoms with Gasteiger partial charge in [-0.25, -0.2) is 9.97 Å². The normalized spacial score (nSPS) is 16.1. The van der Waals surface area contributed by atoms with E-state index in [4.69, 9.17) is 4.42 Å². The molecular formula is C26H31N5O3S2. The molecule has 1 fully saturated rings. The van der Waals surface area contributed by atoms with Crippen LogP contribution in [0.25, 0.3) is 0 Å². The zero-order chi connectivity index (χ0) is 25.7. The van der Waals surface area contributed by atoms with Crippen LogP contribution in [0.2, 0.25) is 0 Å². The lowest BCUT2D eigenvalue weighted by Crippen LogP contribution is -2.44. The molecule has 3 heterocycles. The Morgan fingerprint density at radius 3 is 2.75 bits per heavy atom. The average Bonchev–Trinajstić information content (AvgIpc) is 3.50. The maximum Gasteiger partial charge on any atom is 0.247 e. The van der Waals surface area contributed by atoms with Gasteiger partial charge in [-0.15, -0.1) is 11.8 Å². The fraction of sp³-hybridized carbons (Fsp3) is 0.385. The fourth-order valence-electron chi connectivity index (χ4n) is 3.72. The summed E-state index contributed by atoms with van der Waals surface area (Å²) < 4.78 is 6.96. The van der Waals surface area contributed by atoms with Crippen LogP contribution >= 0.6 is 23.1 Å². The molecule has 8 nitrogen and oxygen atoms in total. The standard InChI is InChI=1S/C26H31N5O3S2/c1-5-21(32)29-18-8-6-17(7-9-18)14-31-15-19(10-11-23(31)33)30-25-28-13-24(36-25)35-16-22-27-12-20(34-22)26(2,3)4/h5-9,12-13,19H,1,10-11,14-16H2,2-4H3,(H,28,30)(H,29,32)/t19-/m1/s1. The van der Waals surface area contributed by atoms with Crippen LogP contribution in [0.3, 0.4) is 0 Å². The first-order chi connectivity index (χ1) is 17.2. The van der Waals surface area contributed by atoms with Crippen LogP contribution < -0.4 is 10.6 Å². The lowest BCUT2D eigenvalue weighted by Gasteiger charge is -2.33. The molecule has 0 aliphatic carbocycles. The maximum absolute atomic E-state index is 12.5. The highest BCUT2D eigenvalue weighted by atomic mass is 32.2. The van der Waals surface area contributed by atoms with Crippen molar-refractivity contribution < 1.29 is 14.0 Å². The molecule has 1 atom stereocenters. The summed E-state index contributed by atoms with van der Waals surface area (Å²) in [6.07, 6.45) is 6.18. The topological polar surface area (TPSA) is 100 Å². The number of thiazole rings is 1. The van der Waals surface area contributed by atoms with Gasteiger partial charge in [-0.1, -0.05) is 50.8 Å². The zero-order valence-corrected chi connectivity index (χ0v) is 22.4. The molecule has 36 heavy (non-hydrogen) atoms. The van der Waals surface area contributed by atoms with Gasteiger partial charge >= 0.3 is 0 Å². The minimum absolute atomic E-state index is 0.0563. The Hall–Kier alpha value is -3.11. The number of benzene rings is 1. The molecular weight excluding hydrogens is 494 g/mol. The minimum atomic E-state index is -0.251. The molecule has 0 bridgehead atoms. The van der Waals surface area contributed by atoms with Crippen molar-refractivity contribution in [2.45, 2.75) is 61.6 Å². The third kappa shape index (κ3) is 6.98. The van der Waals surface area contributed by atoms with Crippen molar-refractivity contribution in [2.24, 2.45) is 0 Å². The molecule has 2 N–H and O–H groups in total. The molecule has 2 aromatic heterocycles. The highest BCUT2D eigenvalue weighted by Crippen LogP contribution is 2.32. The highest BCUT2D eigenvalue weighted by molar-refractivity contribution is 8.00. The van der Waals surface area contributed by atoms with Gasteiger partial charge in [0.2, 0.25) is 17.7 Å². The molecule has 1 aromatic carbocycles. The SMILES string of the molecule is C=CC(=O)Nc1ccc(CN2C[C@H](Nc3ncc(SCc4ncc(C(C)(C)C)o4)s3)CCC2=O)cc1. The summed E-state index contributed by atoms with van der Waals surface area (Å²) >= 11 is 3.25.